The first-order valence-electron chi connectivity index (χ1n) is 2.82. The van der Waals surface area contributed by atoms with Gasteiger partial charge >= 0.3 is 0 Å². The SMILES string of the molecule is Cc1cc(F)c(I)cc1N. The molecular weight excluding hydrogens is 244 g/mol. The molecule has 10 heavy (non-hydrogen) atoms. The maximum Gasteiger partial charge on any atom is 0.136 e. The zero-order valence-electron chi connectivity index (χ0n) is 5.49. The number of hydrogen-bond acceptors (Lipinski definition) is 1. The van der Waals surface area contributed by atoms with Crippen molar-refractivity contribution in [2.75, 3.05) is 5.73 Å². The van der Waals surface area contributed by atoms with Gasteiger partial charge in [0.1, 0.15) is 5.82 Å². The number of aryl methyl sites for hydroxylation is 1. The third-order valence-electron chi connectivity index (χ3n) is 1.31. The van der Waals surface area contributed by atoms with Crippen LogP contribution < -0.4 is 5.73 Å². The number of hydrogen-bond donors (Lipinski definition) is 1. The van der Waals surface area contributed by atoms with Crippen molar-refractivity contribution in [3.63, 3.8) is 0 Å². The molecule has 0 aliphatic rings. The van der Waals surface area contributed by atoms with Gasteiger partial charge in [0.05, 0.1) is 3.57 Å². The van der Waals surface area contributed by atoms with E-state index in [2.05, 4.69) is 0 Å². The smallest absolute Gasteiger partial charge is 0.136 e. The molecule has 0 aliphatic carbocycles. The Morgan fingerprint density at radius 1 is 1.50 bits per heavy atom. The molecule has 2 N–H and O–H groups in total. The summed E-state index contributed by atoms with van der Waals surface area (Å²) < 4.78 is 13.3. The van der Waals surface area contributed by atoms with Crippen molar-refractivity contribution < 1.29 is 4.39 Å². The molecule has 1 aromatic carbocycles. The van der Waals surface area contributed by atoms with E-state index in [9.17, 15) is 4.39 Å². The summed E-state index contributed by atoms with van der Waals surface area (Å²) in [5.41, 5.74) is 6.95. The summed E-state index contributed by atoms with van der Waals surface area (Å²) in [6, 6.07) is 3.07. The quantitative estimate of drug-likeness (QED) is 0.555. The van der Waals surface area contributed by atoms with Gasteiger partial charge in [-0.05, 0) is 47.2 Å². The van der Waals surface area contributed by atoms with Gasteiger partial charge in [0, 0.05) is 5.69 Å². The van der Waals surface area contributed by atoms with Crippen molar-refractivity contribution in [3.8, 4) is 0 Å². The lowest BCUT2D eigenvalue weighted by Crippen LogP contribution is -1.92. The molecule has 54 valence electrons. The fourth-order valence-electron chi connectivity index (χ4n) is 0.662. The number of halogens is 2. The van der Waals surface area contributed by atoms with Gasteiger partial charge in [0.2, 0.25) is 0 Å². The Bertz CT molecular complexity index is 210. The van der Waals surface area contributed by atoms with Crippen LogP contribution in [0.4, 0.5) is 10.1 Å². The Morgan fingerprint density at radius 2 is 2.10 bits per heavy atom. The molecule has 0 spiro atoms. The molecule has 0 aromatic heterocycles. The van der Waals surface area contributed by atoms with Gasteiger partial charge in [-0.1, -0.05) is 0 Å². The maximum absolute atomic E-state index is 12.7. The van der Waals surface area contributed by atoms with Crippen molar-refractivity contribution in [3.05, 3.63) is 27.1 Å². The topological polar surface area (TPSA) is 26.0 Å². The Balaban J connectivity index is 3.28. The van der Waals surface area contributed by atoms with Gasteiger partial charge in [-0.3, -0.25) is 0 Å². The molecule has 0 atom stereocenters. The second-order valence-corrected chi connectivity index (χ2v) is 3.29. The van der Waals surface area contributed by atoms with Crippen LogP contribution in [-0.4, -0.2) is 0 Å². The van der Waals surface area contributed by atoms with Gasteiger partial charge in [-0.15, -0.1) is 0 Å². The fourth-order valence-corrected chi connectivity index (χ4v) is 1.15. The van der Waals surface area contributed by atoms with E-state index in [1.54, 1.807) is 13.0 Å². The summed E-state index contributed by atoms with van der Waals surface area (Å²) in [6.45, 7) is 1.79. The number of benzene rings is 1. The first-order chi connectivity index (χ1) is 4.61. The van der Waals surface area contributed by atoms with Gasteiger partial charge in [0.15, 0.2) is 0 Å². The maximum atomic E-state index is 12.7. The number of rotatable bonds is 0. The van der Waals surface area contributed by atoms with Crippen LogP contribution in [0.1, 0.15) is 5.56 Å². The van der Waals surface area contributed by atoms with Crippen molar-refractivity contribution in [2.24, 2.45) is 0 Å². The summed E-state index contributed by atoms with van der Waals surface area (Å²) in [5, 5.41) is 0. The zero-order chi connectivity index (χ0) is 7.72. The van der Waals surface area contributed by atoms with Crippen LogP contribution in [0.5, 0.6) is 0 Å². The Kier molecular flexibility index (Phi) is 2.13. The molecule has 0 saturated heterocycles. The highest BCUT2D eigenvalue weighted by molar-refractivity contribution is 14.1. The predicted molar refractivity (Wildman–Crippen MR) is 48.3 cm³/mol. The zero-order valence-corrected chi connectivity index (χ0v) is 7.65. The van der Waals surface area contributed by atoms with E-state index in [4.69, 9.17) is 5.73 Å². The molecule has 0 radical (unpaired) electrons. The lowest BCUT2D eigenvalue weighted by molar-refractivity contribution is 0.619. The van der Waals surface area contributed by atoms with Gasteiger partial charge in [-0.25, -0.2) is 4.39 Å². The van der Waals surface area contributed by atoms with Crippen molar-refractivity contribution in [1.82, 2.24) is 0 Å². The van der Waals surface area contributed by atoms with Crippen LogP contribution in [0.3, 0.4) is 0 Å². The minimum absolute atomic E-state index is 0.202. The molecule has 1 aromatic rings. The number of nitrogens with two attached hydrogens (primary N) is 1. The van der Waals surface area contributed by atoms with Crippen molar-refractivity contribution >= 4 is 28.3 Å². The van der Waals surface area contributed by atoms with E-state index in [1.807, 2.05) is 22.6 Å². The molecule has 1 nitrogen and oxygen atoms in total. The van der Waals surface area contributed by atoms with E-state index in [0.717, 1.165) is 5.56 Å². The number of nitrogen functional groups attached to an aromatic ring is 1. The van der Waals surface area contributed by atoms with Crippen LogP contribution in [0.15, 0.2) is 12.1 Å². The van der Waals surface area contributed by atoms with E-state index in [-0.39, 0.29) is 5.82 Å². The predicted octanol–water partition coefficient (Wildman–Crippen LogP) is 2.32. The molecule has 0 saturated carbocycles. The molecule has 0 unspecified atom stereocenters. The van der Waals surface area contributed by atoms with E-state index < -0.39 is 0 Å². The molecule has 0 fully saturated rings. The van der Waals surface area contributed by atoms with Crippen LogP contribution in [-0.2, 0) is 0 Å². The lowest BCUT2D eigenvalue weighted by Gasteiger charge is -2.00. The molecule has 3 heteroatoms. The summed E-state index contributed by atoms with van der Waals surface area (Å²) in [6.07, 6.45) is 0. The van der Waals surface area contributed by atoms with Gasteiger partial charge in [-0.2, -0.15) is 0 Å². The average Bonchev–Trinajstić information content (AvgIpc) is 1.84. The third kappa shape index (κ3) is 1.39. The van der Waals surface area contributed by atoms with E-state index in [0.29, 0.717) is 9.26 Å². The Morgan fingerprint density at radius 3 is 2.60 bits per heavy atom. The minimum atomic E-state index is -0.202. The first-order valence-corrected chi connectivity index (χ1v) is 3.90. The van der Waals surface area contributed by atoms with Gasteiger partial charge < -0.3 is 5.73 Å². The molecular formula is C7H7FIN. The van der Waals surface area contributed by atoms with Crippen LogP contribution >= 0.6 is 22.6 Å². The molecule has 1 rings (SSSR count). The number of anilines is 1. The standard InChI is InChI=1S/C7H7FIN/c1-4-2-5(8)6(9)3-7(4)10/h2-3H,10H2,1H3. The fraction of sp³-hybridized carbons (Fsp3) is 0.143. The average molecular weight is 251 g/mol. The Hall–Kier alpha value is -0.320. The van der Waals surface area contributed by atoms with Gasteiger partial charge in [0.25, 0.3) is 0 Å². The van der Waals surface area contributed by atoms with Crippen LogP contribution in [0, 0.1) is 16.3 Å². The summed E-state index contributed by atoms with van der Waals surface area (Å²) >= 11 is 1.91. The van der Waals surface area contributed by atoms with E-state index >= 15 is 0 Å². The normalized spacial score (nSPS) is 9.90. The highest BCUT2D eigenvalue weighted by atomic mass is 127. The highest BCUT2D eigenvalue weighted by Crippen LogP contribution is 2.18. The summed E-state index contributed by atoms with van der Waals surface area (Å²) in [7, 11) is 0. The lowest BCUT2D eigenvalue weighted by atomic mass is 10.2. The highest BCUT2D eigenvalue weighted by Gasteiger charge is 2.00. The molecule has 0 bridgehead atoms. The summed E-state index contributed by atoms with van der Waals surface area (Å²) in [5.74, 6) is -0.202. The second kappa shape index (κ2) is 2.74. The first kappa shape index (κ1) is 7.78. The van der Waals surface area contributed by atoms with E-state index in [1.165, 1.54) is 6.07 Å². The van der Waals surface area contributed by atoms with Crippen molar-refractivity contribution in [1.29, 1.82) is 0 Å². The second-order valence-electron chi connectivity index (χ2n) is 2.12. The van der Waals surface area contributed by atoms with Crippen molar-refractivity contribution in [2.45, 2.75) is 6.92 Å². The monoisotopic (exact) mass is 251 g/mol. The molecule has 0 aliphatic heterocycles. The van der Waals surface area contributed by atoms with Crippen LogP contribution in [0.25, 0.3) is 0 Å². The third-order valence-corrected chi connectivity index (χ3v) is 2.14. The Labute approximate surface area is 72.6 Å². The minimum Gasteiger partial charge on any atom is -0.398 e. The van der Waals surface area contributed by atoms with Crippen LogP contribution in [0.2, 0.25) is 0 Å². The molecule has 0 heterocycles. The summed E-state index contributed by atoms with van der Waals surface area (Å²) in [4.78, 5) is 0. The molecule has 0 amide bonds. The largest absolute Gasteiger partial charge is 0.398 e.